The lowest BCUT2D eigenvalue weighted by Crippen LogP contribution is -1.89. The molecular weight excluding hydrogens is 148 g/mol. The summed E-state index contributed by atoms with van der Waals surface area (Å²) in [5, 5.41) is 9.44. The van der Waals surface area contributed by atoms with Crippen LogP contribution in [0.5, 0.6) is 5.75 Å². The Hall–Kier alpha value is -1.42. The van der Waals surface area contributed by atoms with Crippen LogP contribution in [0.4, 0.5) is 0 Å². The SMILES string of the molecule is CC#CC(C)c1ccccc1O. The van der Waals surface area contributed by atoms with E-state index >= 15 is 0 Å². The van der Waals surface area contributed by atoms with Crippen molar-refractivity contribution in [3.05, 3.63) is 29.8 Å². The summed E-state index contributed by atoms with van der Waals surface area (Å²) in [5.41, 5.74) is 0.895. The number of phenolic OH excluding ortho intramolecular Hbond substituents is 1. The maximum atomic E-state index is 9.44. The molecule has 1 aromatic rings. The highest BCUT2D eigenvalue weighted by Crippen LogP contribution is 2.23. The topological polar surface area (TPSA) is 20.2 Å². The van der Waals surface area contributed by atoms with Gasteiger partial charge in [-0.15, -0.1) is 5.92 Å². The first kappa shape index (κ1) is 8.67. The molecule has 0 spiro atoms. The van der Waals surface area contributed by atoms with Gasteiger partial charge in [0.2, 0.25) is 0 Å². The van der Waals surface area contributed by atoms with Crippen LogP contribution in [0, 0.1) is 11.8 Å². The van der Waals surface area contributed by atoms with E-state index in [-0.39, 0.29) is 5.92 Å². The summed E-state index contributed by atoms with van der Waals surface area (Å²) < 4.78 is 0. The van der Waals surface area contributed by atoms with Crippen LogP contribution in [0.1, 0.15) is 25.3 Å². The van der Waals surface area contributed by atoms with Crippen LogP contribution in [0.3, 0.4) is 0 Å². The molecule has 62 valence electrons. The van der Waals surface area contributed by atoms with Crippen molar-refractivity contribution in [3.63, 3.8) is 0 Å². The first-order chi connectivity index (χ1) is 5.75. The van der Waals surface area contributed by atoms with E-state index in [0.717, 1.165) is 5.56 Å². The Balaban J connectivity index is 2.99. The van der Waals surface area contributed by atoms with Crippen molar-refractivity contribution in [2.45, 2.75) is 19.8 Å². The van der Waals surface area contributed by atoms with Crippen LogP contribution < -0.4 is 0 Å². The highest BCUT2D eigenvalue weighted by molar-refractivity contribution is 5.38. The van der Waals surface area contributed by atoms with E-state index in [4.69, 9.17) is 0 Å². The zero-order valence-electron chi connectivity index (χ0n) is 7.33. The maximum absolute atomic E-state index is 9.44. The summed E-state index contributed by atoms with van der Waals surface area (Å²) in [6, 6.07) is 7.29. The molecule has 1 unspecified atom stereocenters. The number of rotatable bonds is 1. The highest BCUT2D eigenvalue weighted by Gasteiger charge is 2.05. The van der Waals surface area contributed by atoms with Crippen LogP contribution >= 0.6 is 0 Å². The van der Waals surface area contributed by atoms with E-state index in [2.05, 4.69) is 11.8 Å². The lowest BCUT2D eigenvalue weighted by atomic mass is 10.0. The minimum atomic E-state index is 0.108. The van der Waals surface area contributed by atoms with Crippen LogP contribution in [-0.2, 0) is 0 Å². The third-order valence-electron chi connectivity index (χ3n) is 1.76. The quantitative estimate of drug-likeness (QED) is 0.626. The van der Waals surface area contributed by atoms with Crippen LogP contribution in [0.2, 0.25) is 0 Å². The van der Waals surface area contributed by atoms with Gasteiger partial charge in [0, 0.05) is 11.5 Å². The van der Waals surface area contributed by atoms with Gasteiger partial charge < -0.3 is 5.11 Å². The van der Waals surface area contributed by atoms with Crippen LogP contribution in [0.25, 0.3) is 0 Å². The zero-order chi connectivity index (χ0) is 8.97. The number of hydrogen-bond acceptors (Lipinski definition) is 1. The average molecular weight is 160 g/mol. The van der Waals surface area contributed by atoms with Gasteiger partial charge in [0.05, 0.1) is 0 Å². The summed E-state index contributed by atoms with van der Waals surface area (Å²) in [7, 11) is 0. The van der Waals surface area contributed by atoms with E-state index in [1.54, 1.807) is 13.0 Å². The predicted octanol–water partition coefficient (Wildman–Crippen LogP) is 2.52. The molecule has 1 heteroatoms. The molecule has 0 saturated heterocycles. The smallest absolute Gasteiger partial charge is 0.120 e. The van der Waals surface area contributed by atoms with Gasteiger partial charge in [-0.05, 0) is 19.9 Å². The van der Waals surface area contributed by atoms with Gasteiger partial charge in [-0.2, -0.15) is 0 Å². The van der Waals surface area contributed by atoms with Gasteiger partial charge in [-0.1, -0.05) is 24.1 Å². The molecule has 12 heavy (non-hydrogen) atoms. The number of aromatic hydroxyl groups is 1. The Morgan fingerprint density at radius 2 is 2.00 bits per heavy atom. The van der Waals surface area contributed by atoms with Crippen molar-refractivity contribution in [2.24, 2.45) is 0 Å². The fourth-order valence-corrected chi connectivity index (χ4v) is 1.15. The van der Waals surface area contributed by atoms with E-state index in [9.17, 15) is 5.11 Å². The van der Waals surface area contributed by atoms with Crippen molar-refractivity contribution >= 4 is 0 Å². The van der Waals surface area contributed by atoms with Crippen molar-refractivity contribution in [3.8, 4) is 17.6 Å². The second-order valence-electron chi connectivity index (χ2n) is 2.67. The molecule has 0 radical (unpaired) electrons. The second kappa shape index (κ2) is 3.82. The Kier molecular flexibility index (Phi) is 2.76. The second-order valence-corrected chi connectivity index (χ2v) is 2.67. The number of benzene rings is 1. The van der Waals surface area contributed by atoms with Gasteiger partial charge in [-0.25, -0.2) is 0 Å². The molecule has 0 saturated carbocycles. The average Bonchev–Trinajstić information content (AvgIpc) is 2.05. The van der Waals surface area contributed by atoms with E-state index < -0.39 is 0 Å². The molecule has 1 rings (SSSR count). The van der Waals surface area contributed by atoms with E-state index in [1.165, 1.54) is 0 Å². The van der Waals surface area contributed by atoms with E-state index in [1.807, 2.05) is 25.1 Å². The van der Waals surface area contributed by atoms with Gasteiger partial charge in [-0.3, -0.25) is 0 Å². The van der Waals surface area contributed by atoms with E-state index in [0.29, 0.717) is 5.75 Å². The Bertz CT molecular complexity index is 317. The minimum absolute atomic E-state index is 0.108. The highest BCUT2D eigenvalue weighted by atomic mass is 16.3. The monoisotopic (exact) mass is 160 g/mol. The summed E-state index contributed by atoms with van der Waals surface area (Å²) >= 11 is 0. The number of para-hydroxylation sites is 1. The lowest BCUT2D eigenvalue weighted by molar-refractivity contribution is 0.467. The predicted molar refractivity (Wildman–Crippen MR) is 50.0 cm³/mol. The number of hydrogen-bond donors (Lipinski definition) is 1. The third-order valence-corrected chi connectivity index (χ3v) is 1.76. The Labute approximate surface area is 73.0 Å². The summed E-state index contributed by atoms with van der Waals surface area (Å²) in [4.78, 5) is 0. The summed E-state index contributed by atoms with van der Waals surface area (Å²) in [5.74, 6) is 6.26. The van der Waals surface area contributed by atoms with Gasteiger partial charge in [0.25, 0.3) is 0 Å². The van der Waals surface area contributed by atoms with Crippen LogP contribution in [-0.4, -0.2) is 5.11 Å². The van der Waals surface area contributed by atoms with Crippen molar-refractivity contribution in [1.29, 1.82) is 0 Å². The number of phenols is 1. The molecule has 0 aliphatic carbocycles. The largest absolute Gasteiger partial charge is 0.508 e. The van der Waals surface area contributed by atoms with Gasteiger partial charge in [0.15, 0.2) is 0 Å². The van der Waals surface area contributed by atoms with Crippen molar-refractivity contribution in [1.82, 2.24) is 0 Å². The molecule has 0 aliphatic heterocycles. The molecule has 0 heterocycles. The molecule has 1 aromatic carbocycles. The molecule has 0 fully saturated rings. The van der Waals surface area contributed by atoms with Gasteiger partial charge >= 0.3 is 0 Å². The molecule has 0 aromatic heterocycles. The fraction of sp³-hybridized carbons (Fsp3) is 0.273. The van der Waals surface area contributed by atoms with Crippen molar-refractivity contribution in [2.75, 3.05) is 0 Å². The Morgan fingerprint density at radius 1 is 1.33 bits per heavy atom. The molecular formula is C11H12O. The minimum Gasteiger partial charge on any atom is -0.508 e. The standard InChI is InChI=1S/C11H12O/c1-3-6-9(2)10-7-4-5-8-11(10)12/h4-5,7-9,12H,1-2H3. The Morgan fingerprint density at radius 3 is 2.58 bits per heavy atom. The molecule has 0 amide bonds. The zero-order valence-corrected chi connectivity index (χ0v) is 7.33. The normalized spacial score (nSPS) is 11.5. The van der Waals surface area contributed by atoms with Crippen LogP contribution in [0.15, 0.2) is 24.3 Å². The third kappa shape index (κ3) is 1.79. The summed E-state index contributed by atoms with van der Waals surface area (Å²) in [6.07, 6.45) is 0. The molecule has 0 aliphatic rings. The first-order valence-electron chi connectivity index (χ1n) is 3.96. The molecule has 1 atom stereocenters. The molecule has 0 bridgehead atoms. The molecule has 1 N–H and O–H groups in total. The van der Waals surface area contributed by atoms with Crippen molar-refractivity contribution < 1.29 is 5.11 Å². The maximum Gasteiger partial charge on any atom is 0.120 e. The fourth-order valence-electron chi connectivity index (χ4n) is 1.15. The summed E-state index contributed by atoms with van der Waals surface area (Å²) in [6.45, 7) is 3.78. The first-order valence-corrected chi connectivity index (χ1v) is 3.96. The molecule has 1 nitrogen and oxygen atoms in total. The van der Waals surface area contributed by atoms with Gasteiger partial charge in [0.1, 0.15) is 5.75 Å². The lowest BCUT2D eigenvalue weighted by Gasteiger charge is -2.05.